The van der Waals surface area contributed by atoms with Crippen molar-refractivity contribution in [2.24, 2.45) is 0 Å². The highest BCUT2D eigenvalue weighted by Gasteiger charge is 2.10. The van der Waals surface area contributed by atoms with Gasteiger partial charge in [-0.2, -0.15) is 0 Å². The maximum absolute atomic E-state index is 11.4. The molecule has 5 heteroatoms. The van der Waals surface area contributed by atoms with Crippen LogP contribution in [0.4, 0.5) is 11.4 Å². The molecule has 0 unspecified atom stereocenters. The van der Waals surface area contributed by atoms with E-state index in [4.69, 9.17) is 4.74 Å². The van der Waals surface area contributed by atoms with Gasteiger partial charge in [-0.25, -0.2) is 4.79 Å². The molecule has 26 heavy (non-hydrogen) atoms. The number of anilines is 2. The Kier molecular flexibility index (Phi) is 5.17. The molecule has 2 aromatic carbocycles. The third-order valence-electron chi connectivity index (χ3n) is 3.89. The Morgan fingerprint density at radius 1 is 1.15 bits per heavy atom. The van der Waals surface area contributed by atoms with E-state index < -0.39 is 5.97 Å². The normalized spacial score (nSPS) is 10.4. The number of nitrogens with zero attached hydrogens (tertiary/aromatic N) is 1. The number of carboxylic acid groups (broad SMARTS) is 1. The van der Waals surface area contributed by atoms with E-state index in [1.807, 2.05) is 56.3 Å². The van der Waals surface area contributed by atoms with Gasteiger partial charge in [-0.3, -0.25) is 4.98 Å². The second-order valence-electron chi connectivity index (χ2n) is 5.87. The Hall–Kier alpha value is -3.34. The van der Waals surface area contributed by atoms with Gasteiger partial charge in [0.2, 0.25) is 0 Å². The van der Waals surface area contributed by atoms with Crippen LogP contribution >= 0.6 is 0 Å². The summed E-state index contributed by atoms with van der Waals surface area (Å²) in [5, 5.41) is 12.5. The average molecular weight is 348 g/mol. The molecule has 0 spiro atoms. The molecule has 0 saturated carbocycles. The predicted octanol–water partition coefficient (Wildman–Crippen LogP) is 4.90. The zero-order chi connectivity index (χ0) is 18.5. The van der Waals surface area contributed by atoms with E-state index >= 15 is 0 Å². The van der Waals surface area contributed by atoms with Crippen LogP contribution < -0.4 is 10.1 Å². The summed E-state index contributed by atoms with van der Waals surface area (Å²) in [6.45, 7) is 4.42. The van der Waals surface area contributed by atoms with Gasteiger partial charge in [0.25, 0.3) is 0 Å². The monoisotopic (exact) mass is 348 g/mol. The van der Waals surface area contributed by atoms with E-state index in [0.717, 1.165) is 28.3 Å². The zero-order valence-electron chi connectivity index (χ0n) is 14.7. The maximum atomic E-state index is 11.4. The van der Waals surface area contributed by atoms with E-state index in [0.29, 0.717) is 12.3 Å². The Balaban J connectivity index is 1.83. The number of carbonyl (C=O) groups is 1. The van der Waals surface area contributed by atoms with Crippen molar-refractivity contribution >= 4 is 17.3 Å². The number of aromatic nitrogens is 1. The molecule has 2 N–H and O–H groups in total. The van der Waals surface area contributed by atoms with Crippen LogP contribution in [0.2, 0.25) is 0 Å². The van der Waals surface area contributed by atoms with E-state index in [1.54, 1.807) is 18.3 Å². The van der Waals surface area contributed by atoms with Crippen LogP contribution in [0.15, 0.2) is 60.8 Å². The third kappa shape index (κ3) is 4.00. The van der Waals surface area contributed by atoms with Gasteiger partial charge in [0.05, 0.1) is 35.4 Å². The summed E-state index contributed by atoms with van der Waals surface area (Å²) in [7, 11) is 0. The van der Waals surface area contributed by atoms with E-state index in [-0.39, 0.29) is 5.56 Å². The largest absolute Gasteiger partial charge is 0.494 e. The summed E-state index contributed by atoms with van der Waals surface area (Å²) in [4.78, 5) is 15.9. The zero-order valence-corrected chi connectivity index (χ0v) is 14.7. The molecule has 1 heterocycles. The summed E-state index contributed by atoms with van der Waals surface area (Å²) in [6.07, 6.45) is 1.69. The van der Waals surface area contributed by atoms with Gasteiger partial charge in [-0.1, -0.05) is 23.8 Å². The lowest BCUT2D eigenvalue weighted by molar-refractivity contribution is 0.0698. The Bertz CT molecular complexity index is 921. The van der Waals surface area contributed by atoms with Crippen LogP contribution in [-0.2, 0) is 0 Å². The standard InChI is InChI=1S/C21H20N2O3/c1-3-26-17-6-4-5-15(12-17)19-10-8-16(13-22-19)23-20-9-7-14(2)11-18(20)21(24)25/h4-13,23H,3H2,1-2H3,(H,24,25). The number of aryl methyl sites for hydroxylation is 1. The minimum Gasteiger partial charge on any atom is -0.494 e. The summed E-state index contributed by atoms with van der Waals surface area (Å²) in [5.41, 5.74) is 4.18. The van der Waals surface area contributed by atoms with Crippen LogP contribution in [0.25, 0.3) is 11.3 Å². The van der Waals surface area contributed by atoms with E-state index in [9.17, 15) is 9.90 Å². The fourth-order valence-electron chi connectivity index (χ4n) is 2.65. The summed E-state index contributed by atoms with van der Waals surface area (Å²) in [5.74, 6) is -0.159. The molecule has 0 aliphatic rings. The minimum absolute atomic E-state index is 0.235. The predicted molar refractivity (Wildman–Crippen MR) is 102 cm³/mol. The second-order valence-corrected chi connectivity index (χ2v) is 5.87. The fraction of sp³-hybridized carbons (Fsp3) is 0.143. The number of nitrogens with one attached hydrogen (secondary N) is 1. The van der Waals surface area contributed by atoms with Crippen molar-refractivity contribution in [1.29, 1.82) is 0 Å². The highest BCUT2D eigenvalue weighted by Crippen LogP contribution is 2.25. The first-order valence-corrected chi connectivity index (χ1v) is 8.37. The topological polar surface area (TPSA) is 71.5 Å². The minimum atomic E-state index is -0.964. The smallest absolute Gasteiger partial charge is 0.337 e. The molecule has 0 atom stereocenters. The number of carboxylic acids is 1. The first kappa shape index (κ1) is 17.5. The van der Waals surface area contributed by atoms with Crippen molar-refractivity contribution in [2.45, 2.75) is 13.8 Å². The first-order valence-electron chi connectivity index (χ1n) is 8.37. The number of rotatable bonds is 6. The van der Waals surface area contributed by atoms with Crippen LogP contribution in [-0.4, -0.2) is 22.7 Å². The molecule has 0 saturated heterocycles. The lowest BCUT2D eigenvalue weighted by atomic mass is 10.1. The molecule has 0 fully saturated rings. The van der Waals surface area contributed by atoms with Crippen molar-refractivity contribution in [3.63, 3.8) is 0 Å². The molecule has 0 aliphatic carbocycles. The number of hydrogen-bond acceptors (Lipinski definition) is 4. The van der Waals surface area contributed by atoms with Crippen molar-refractivity contribution < 1.29 is 14.6 Å². The molecule has 3 rings (SSSR count). The molecule has 5 nitrogen and oxygen atoms in total. The summed E-state index contributed by atoms with van der Waals surface area (Å²) >= 11 is 0. The Morgan fingerprint density at radius 3 is 2.69 bits per heavy atom. The van der Waals surface area contributed by atoms with Crippen molar-refractivity contribution in [1.82, 2.24) is 4.98 Å². The number of benzene rings is 2. The average Bonchev–Trinajstić information content (AvgIpc) is 2.64. The van der Waals surface area contributed by atoms with Crippen molar-refractivity contribution in [3.8, 4) is 17.0 Å². The Morgan fingerprint density at radius 2 is 2.00 bits per heavy atom. The van der Waals surface area contributed by atoms with Gasteiger partial charge in [0, 0.05) is 5.56 Å². The van der Waals surface area contributed by atoms with Crippen LogP contribution in [0, 0.1) is 6.92 Å². The number of ether oxygens (including phenoxy) is 1. The van der Waals surface area contributed by atoms with Crippen LogP contribution in [0.5, 0.6) is 5.75 Å². The number of pyridine rings is 1. The molecular weight excluding hydrogens is 328 g/mol. The van der Waals surface area contributed by atoms with Gasteiger partial charge in [0.1, 0.15) is 5.75 Å². The quantitative estimate of drug-likeness (QED) is 0.663. The van der Waals surface area contributed by atoms with E-state index in [2.05, 4.69) is 10.3 Å². The third-order valence-corrected chi connectivity index (χ3v) is 3.89. The fourth-order valence-corrected chi connectivity index (χ4v) is 2.65. The molecule has 0 aliphatic heterocycles. The molecule has 1 aromatic heterocycles. The number of hydrogen-bond donors (Lipinski definition) is 2. The second kappa shape index (κ2) is 7.70. The first-order chi connectivity index (χ1) is 12.6. The summed E-state index contributed by atoms with van der Waals surface area (Å²) < 4.78 is 5.52. The lowest BCUT2D eigenvalue weighted by Gasteiger charge is -2.11. The molecule has 0 radical (unpaired) electrons. The van der Waals surface area contributed by atoms with Gasteiger partial charge in [-0.15, -0.1) is 0 Å². The molecular formula is C21H20N2O3. The van der Waals surface area contributed by atoms with Crippen molar-refractivity contribution in [3.05, 3.63) is 71.9 Å². The van der Waals surface area contributed by atoms with Crippen LogP contribution in [0.1, 0.15) is 22.8 Å². The highest BCUT2D eigenvalue weighted by atomic mass is 16.5. The molecule has 132 valence electrons. The Labute approximate surface area is 152 Å². The molecule has 3 aromatic rings. The van der Waals surface area contributed by atoms with Gasteiger partial charge < -0.3 is 15.2 Å². The maximum Gasteiger partial charge on any atom is 0.337 e. The summed E-state index contributed by atoms with van der Waals surface area (Å²) in [6, 6.07) is 16.8. The molecule has 0 amide bonds. The van der Waals surface area contributed by atoms with Crippen LogP contribution in [0.3, 0.4) is 0 Å². The molecule has 0 bridgehead atoms. The van der Waals surface area contributed by atoms with Gasteiger partial charge >= 0.3 is 5.97 Å². The lowest BCUT2D eigenvalue weighted by Crippen LogP contribution is -2.03. The van der Waals surface area contributed by atoms with Gasteiger partial charge in [-0.05, 0) is 50.2 Å². The van der Waals surface area contributed by atoms with Crippen molar-refractivity contribution in [2.75, 3.05) is 11.9 Å². The van der Waals surface area contributed by atoms with E-state index in [1.165, 1.54) is 0 Å². The number of aromatic carboxylic acids is 1. The SMILES string of the molecule is CCOc1cccc(-c2ccc(Nc3ccc(C)cc3C(=O)O)cn2)c1. The van der Waals surface area contributed by atoms with Gasteiger partial charge in [0.15, 0.2) is 0 Å². The highest BCUT2D eigenvalue weighted by molar-refractivity contribution is 5.95.